The average molecular weight is 380 g/mol. The fourth-order valence-electron chi connectivity index (χ4n) is 2.71. The van der Waals surface area contributed by atoms with Crippen LogP contribution in [-0.4, -0.2) is 25.2 Å². The predicted octanol–water partition coefficient (Wildman–Crippen LogP) is 5.42. The zero-order valence-electron chi connectivity index (χ0n) is 16.6. The molecule has 0 unspecified atom stereocenters. The minimum absolute atomic E-state index is 0.181. The van der Waals surface area contributed by atoms with Gasteiger partial charge < -0.3 is 9.47 Å². The Labute approximate surface area is 167 Å². The highest BCUT2D eigenvalue weighted by molar-refractivity contribution is 5.90. The Hall–Kier alpha value is -2.88. The Bertz CT molecular complexity index is 776. The van der Waals surface area contributed by atoms with Crippen LogP contribution in [0.5, 0.6) is 0 Å². The summed E-state index contributed by atoms with van der Waals surface area (Å²) in [6.07, 6.45) is 4.60. The van der Waals surface area contributed by atoms with E-state index in [-0.39, 0.29) is 11.9 Å². The van der Waals surface area contributed by atoms with Gasteiger partial charge in [0.05, 0.1) is 18.8 Å². The second-order valence-electron chi connectivity index (χ2n) is 6.46. The maximum absolute atomic E-state index is 12.0. The Balaban J connectivity index is 2.17. The molecule has 2 rings (SSSR count). The van der Waals surface area contributed by atoms with Crippen molar-refractivity contribution in [1.82, 2.24) is 0 Å². The molecule has 0 heterocycles. The molecule has 2 aromatic rings. The normalized spacial score (nSPS) is 11.1. The van der Waals surface area contributed by atoms with Crippen LogP contribution in [0.3, 0.4) is 0 Å². The van der Waals surface area contributed by atoms with Crippen LogP contribution in [0.15, 0.2) is 60.7 Å². The summed E-state index contributed by atoms with van der Waals surface area (Å²) >= 11 is 0. The molecule has 0 radical (unpaired) electrons. The fourth-order valence-corrected chi connectivity index (χ4v) is 2.71. The summed E-state index contributed by atoms with van der Waals surface area (Å²) in [7, 11) is 0. The van der Waals surface area contributed by atoms with Crippen molar-refractivity contribution in [3.05, 3.63) is 77.4 Å². The second-order valence-corrected chi connectivity index (χ2v) is 6.46. The van der Waals surface area contributed by atoms with Crippen LogP contribution in [-0.2, 0) is 14.3 Å². The lowest BCUT2D eigenvalue weighted by Crippen LogP contribution is -2.06. The molecule has 0 N–H and O–H groups in total. The molecule has 0 aliphatic heterocycles. The molecule has 4 nitrogen and oxygen atoms in total. The van der Waals surface area contributed by atoms with Gasteiger partial charge >= 0.3 is 11.9 Å². The monoisotopic (exact) mass is 380 g/mol. The highest BCUT2D eigenvalue weighted by Crippen LogP contribution is 2.25. The molecular formula is C24H28O4. The molecule has 0 saturated carbocycles. The third kappa shape index (κ3) is 6.69. The van der Waals surface area contributed by atoms with Crippen LogP contribution < -0.4 is 0 Å². The van der Waals surface area contributed by atoms with Crippen molar-refractivity contribution in [2.75, 3.05) is 13.2 Å². The first-order valence-corrected chi connectivity index (χ1v) is 9.84. The zero-order valence-corrected chi connectivity index (χ0v) is 16.6. The summed E-state index contributed by atoms with van der Waals surface area (Å²) in [5, 5.41) is 0. The maximum Gasteiger partial charge on any atom is 0.338 e. The predicted molar refractivity (Wildman–Crippen MR) is 111 cm³/mol. The van der Waals surface area contributed by atoms with Crippen molar-refractivity contribution in [2.45, 2.75) is 39.5 Å². The quantitative estimate of drug-likeness (QED) is 0.517. The lowest BCUT2D eigenvalue weighted by molar-refractivity contribution is -0.143. The van der Waals surface area contributed by atoms with Crippen molar-refractivity contribution in [1.29, 1.82) is 0 Å². The molecule has 4 heteroatoms. The van der Waals surface area contributed by atoms with E-state index in [9.17, 15) is 9.59 Å². The van der Waals surface area contributed by atoms with Gasteiger partial charge in [-0.25, -0.2) is 4.79 Å². The fraction of sp³-hybridized carbons (Fsp3) is 0.333. The van der Waals surface area contributed by atoms with Gasteiger partial charge in [-0.05, 0) is 48.1 Å². The minimum Gasteiger partial charge on any atom is -0.466 e. The molecule has 2 aromatic carbocycles. The molecule has 0 aromatic heterocycles. The number of hydrogen-bond donors (Lipinski definition) is 0. The first kappa shape index (κ1) is 21.4. The van der Waals surface area contributed by atoms with Crippen molar-refractivity contribution in [3.8, 4) is 0 Å². The van der Waals surface area contributed by atoms with Gasteiger partial charge in [0.15, 0.2) is 0 Å². The number of carbonyl (C=O) groups excluding carboxylic acids is 2. The Morgan fingerprint density at radius 2 is 1.36 bits per heavy atom. The summed E-state index contributed by atoms with van der Waals surface area (Å²) < 4.78 is 10.3. The van der Waals surface area contributed by atoms with Gasteiger partial charge in [0, 0.05) is 6.42 Å². The van der Waals surface area contributed by atoms with Crippen LogP contribution in [0.4, 0.5) is 0 Å². The van der Waals surface area contributed by atoms with Crippen LogP contribution in [0.1, 0.15) is 61.0 Å². The SMILES string of the molecule is CCCOC(=O)CC/C=C(/c1ccccc1)c1ccc(C(=O)OCCC)cc1. The molecular weight excluding hydrogens is 352 g/mol. The minimum atomic E-state index is -0.308. The van der Waals surface area contributed by atoms with Crippen molar-refractivity contribution >= 4 is 17.5 Å². The summed E-state index contributed by atoms with van der Waals surface area (Å²) in [5.74, 6) is -0.489. The first-order chi connectivity index (χ1) is 13.7. The first-order valence-electron chi connectivity index (χ1n) is 9.84. The van der Waals surface area contributed by atoms with Crippen molar-refractivity contribution < 1.29 is 19.1 Å². The molecule has 28 heavy (non-hydrogen) atoms. The molecule has 0 aliphatic rings. The summed E-state index contributed by atoms with van der Waals surface area (Å²) in [6.45, 7) is 4.82. The van der Waals surface area contributed by atoms with E-state index < -0.39 is 0 Å². The highest BCUT2D eigenvalue weighted by Gasteiger charge is 2.10. The molecule has 0 fully saturated rings. The summed E-state index contributed by atoms with van der Waals surface area (Å²) in [6, 6.07) is 17.4. The van der Waals surface area contributed by atoms with E-state index >= 15 is 0 Å². The lowest BCUT2D eigenvalue weighted by Gasteiger charge is -2.10. The lowest BCUT2D eigenvalue weighted by atomic mass is 9.95. The van der Waals surface area contributed by atoms with Crippen LogP contribution in [0.2, 0.25) is 0 Å². The summed E-state index contributed by atoms with van der Waals surface area (Å²) in [4.78, 5) is 23.8. The molecule has 148 valence electrons. The topological polar surface area (TPSA) is 52.6 Å². The van der Waals surface area contributed by atoms with Crippen LogP contribution >= 0.6 is 0 Å². The molecule has 0 aliphatic carbocycles. The van der Waals surface area contributed by atoms with Gasteiger partial charge in [-0.15, -0.1) is 0 Å². The highest BCUT2D eigenvalue weighted by atomic mass is 16.5. The van der Waals surface area contributed by atoms with E-state index in [0.29, 0.717) is 31.6 Å². The number of esters is 2. The number of rotatable bonds is 10. The largest absolute Gasteiger partial charge is 0.466 e. The number of ether oxygens (including phenoxy) is 2. The second kappa shape index (κ2) is 11.8. The van der Waals surface area contributed by atoms with E-state index in [0.717, 1.165) is 29.5 Å². The third-order valence-corrected chi connectivity index (χ3v) is 4.12. The van der Waals surface area contributed by atoms with E-state index in [4.69, 9.17) is 9.47 Å². The standard InChI is InChI=1S/C24H28O4/c1-3-17-27-23(25)12-8-11-22(19-9-6-5-7-10-19)20-13-15-21(16-14-20)24(26)28-18-4-2/h5-7,9-11,13-16H,3-4,8,12,17-18H2,1-2H3/b22-11-. The van der Waals surface area contributed by atoms with Crippen molar-refractivity contribution in [2.24, 2.45) is 0 Å². The summed E-state index contributed by atoms with van der Waals surface area (Å²) in [5.41, 5.74) is 3.61. The van der Waals surface area contributed by atoms with Gasteiger partial charge in [0.25, 0.3) is 0 Å². The van der Waals surface area contributed by atoms with Gasteiger partial charge in [-0.2, -0.15) is 0 Å². The number of benzene rings is 2. The molecule has 0 saturated heterocycles. The Morgan fingerprint density at radius 3 is 2.00 bits per heavy atom. The van der Waals surface area contributed by atoms with Gasteiger partial charge in [0.2, 0.25) is 0 Å². The van der Waals surface area contributed by atoms with E-state index in [1.807, 2.05) is 62.4 Å². The number of allylic oxidation sites excluding steroid dienone is 1. The zero-order chi connectivity index (χ0) is 20.2. The van der Waals surface area contributed by atoms with E-state index in [1.54, 1.807) is 12.1 Å². The third-order valence-electron chi connectivity index (χ3n) is 4.12. The van der Waals surface area contributed by atoms with Crippen molar-refractivity contribution in [3.63, 3.8) is 0 Å². The van der Waals surface area contributed by atoms with Gasteiger partial charge in [-0.3, -0.25) is 4.79 Å². The molecule has 0 amide bonds. The number of carbonyl (C=O) groups is 2. The molecule has 0 bridgehead atoms. The van der Waals surface area contributed by atoms with Gasteiger partial charge in [0.1, 0.15) is 0 Å². The smallest absolute Gasteiger partial charge is 0.338 e. The Kier molecular flexibility index (Phi) is 8.99. The number of hydrogen-bond acceptors (Lipinski definition) is 4. The van der Waals surface area contributed by atoms with Crippen LogP contribution in [0, 0.1) is 0 Å². The maximum atomic E-state index is 12.0. The van der Waals surface area contributed by atoms with E-state index in [2.05, 4.69) is 0 Å². The average Bonchev–Trinajstić information content (AvgIpc) is 2.74. The molecule has 0 spiro atoms. The van der Waals surface area contributed by atoms with E-state index in [1.165, 1.54) is 0 Å². The Morgan fingerprint density at radius 1 is 0.786 bits per heavy atom. The van der Waals surface area contributed by atoms with Gasteiger partial charge in [-0.1, -0.05) is 62.4 Å². The molecule has 0 atom stereocenters. The van der Waals surface area contributed by atoms with Crippen LogP contribution in [0.25, 0.3) is 5.57 Å².